The lowest BCUT2D eigenvalue weighted by atomic mass is 10.0. The second-order valence-corrected chi connectivity index (χ2v) is 26.6. The third-order valence-corrected chi connectivity index (χ3v) is 16.4. The van der Waals surface area contributed by atoms with E-state index in [1.807, 2.05) is 21.1 Å². The maximum absolute atomic E-state index is 12.9. The summed E-state index contributed by atoms with van der Waals surface area (Å²) in [4.78, 5) is 38.1. The second kappa shape index (κ2) is 67.8. The van der Waals surface area contributed by atoms with Gasteiger partial charge in [-0.15, -0.1) is 0 Å². The molecule has 0 bridgehead atoms. The van der Waals surface area contributed by atoms with Crippen molar-refractivity contribution in [3.8, 4) is 0 Å². The minimum atomic E-state index is -4.65. The van der Waals surface area contributed by atoms with Crippen molar-refractivity contribution in [1.29, 1.82) is 0 Å². The SMILES string of the molecule is CC/C=C\C/C=C\C/C=C\C/C=C\C/C=C\C/C=C\C/C=C\CCCCCCCCCCCCCCCCCC(=O)OC(COC(=O)CCCCCCCCCCCCCC/C=C\C/C=C\C/C=C\CCCCCCC)COP(=O)([O-])OCC[N+](C)(C)C. The lowest BCUT2D eigenvalue weighted by Crippen LogP contribution is -2.37. The van der Waals surface area contributed by atoms with Gasteiger partial charge in [0.25, 0.3) is 7.82 Å². The van der Waals surface area contributed by atoms with Gasteiger partial charge >= 0.3 is 11.9 Å². The van der Waals surface area contributed by atoms with Crippen LogP contribution in [0.4, 0.5) is 0 Å². The van der Waals surface area contributed by atoms with Crippen LogP contribution in [0.1, 0.15) is 309 Å². The molecule has 0 aromatic rings. The number of rotatable bonds is 66. The van der Waals surface area contributed by atoms with Gasteiger partial charge in [0, 0.05) is 12.8 Å². The molecule has 2 unspecified atom stereocenters. The minimum Gasteiger partial charge on any atom is -0.756 e. The summed E-state index contributed by atoms with van der Waals surface area (Å²) in [5, 5.41) is 0. The molecule has 0 heterocycles. The summed E-state index contributed by atoms with van der Waals surface area (Å²) in [6.45, 7) is 4.13. The number of carbonyl (C=O) groups excluding carboxylic acids is 2. The Labute approximate surface area is 543 Å². The van der Waals surface area contributed by atoms with Crippen LogP contribution < -0.4 is 4.89 Å². The van der Waals surface area contributed by atoms with Gasteiger partial charge in [-0.05, 0) is 109 Å². The summed E-state index contributed by atoms with van der Waals surface area (Å²) in [6.07, 6.45) is 97.1. The zero-order valence-electron chi connectivity index (χ0n) is 57.6. The van der Waals surface area contributed by atoms with Gasteiger partial charge in [-0.25, -0.2) is 0 Å². The summed E-state index contributed by atoms with van der Waals surface area (Å²) < 4.78 is 34.3. The number of ether oxygens (including phenoxy) is 2. The highest BCUT2D eigenvalue weighted by atomic mass is 31.2. The summed E-state index contributed by atoms with van der Waals surface area (Å²) in [6, 6.07) is 0. The van der Waals surface area contributed by atoms with E-state index in [-0.39, 0.29) is 32.0 Å². The molecule has 0 rings (SSSR count). The molecule has 0 spiro atoms. The fraction of sp³-hybridized carbons (Fsp3) is 0.718. The van der Waals surface area contributed by atoms with Crippen LogP contribution in [-0.2, 0) is 32.7 Å². The molecule has 0 N–H and O–H groups in total. The fourth-order valence-electron chi connectivity index (χ4n) is 9.94. The van der Waals surface area contributed by atoms with Gasteiger partial charge in [0.1, 0.15) is 19.8 Å². The molecule has 0 fully saturated rings. The molecule has 9 nitrogen and oxygen atoms in total. The Balaban J connectivity index is 4.04. The van der Waals surface area contributed by atoms with Crippen LogP contribution in [0.3, 0.4) is 0 Å². The summed E-state index contributed by atoms with van der Waals surface area (Å²) in [5.41, 5.74) is 0. The van der Waals surface area contributed by atoms with Gasteiger partial charge in [-0.2, -0.15) is 0 Å². The molecule has 0 aliphatic carbocycles. The van der Waals surface area contributed by atoms with Crippen molar-refractivity contribution in [2.45, 2.75) is 315 Å². The highest BCUT2D eigenvalue weighted by Gasteiger charge is 2.22. The molecular weight excluding hydrogens is 1110 g/mol. The molecule has 0 saturated carbocycles. The Kier molecular flexibility index (Phi) is 65.0. The second-order valence-electron chi connectivity index (χ2n) is 25.2. The molecule has 10 heteroatoms. The number of hydrogen-bond acceptors (Lipinski definition) is 8. The molecule has 506 valence electrons. The van der Waals surface area contributed by atoms with E-state index >= 15 is 0 Å². The maximum Gasteiger partial charge on any atom is 0.306 e. The van der Waals surface area contributed by atoms with E-state index in [0.29, 0.717) is 17.4 Å². The Hall–Kier alpha value is -3.59. The minimum absolute atomic E-state index is 0.0348. The number of likely N-dealkylation sites (N-methyl/N-ethyl adjacent to an activating group) is 1. The van der Waals surface area contributed by atoms with Gasteiger partial charge in [-0.3, -0.25) is 14.2 Å². The van der Waals surface area contributed by atoms with Crippen LogP contribution in [0.2, 0.25) is 0 Å². The van der Waals surface area contributed by atoms with E-state index in [2.05, 4.69) is 135 Å². The third kappa shape index (κ3) is 71.5. The molecule has 0 aromatic carbocycles. The monoisotopic (exact) mass is 1250 g/mol. The third-order valence-electron chi connectivity index (χ3n) is 15.5. The van der Waals surface area contributed by atoms with Crippen molar-refractivity contribution in [1.82, 2.24) is 0 Å². The number of unbranched alkanes of at least 4 members (excludes halogenated alkanes) is 32. The standard InChI is InChI=1S/C78H136NO8P/c1-6-8-10-12-14-16-18-20-22-24-26-28-30-32-34-35-36-37-38-39-40-41-42-43-45-47-49-51-53-55-57-59-61-63-65-67-69-71-78(81)87-76(75-86-88(82,83)85-73-72-79(3,4)5)74-84-77(80)70-68-66-64-62-60-58-56-54-52-50-48-46-44-33-31-29-27-25-23-21-19-17-15-13-11-9-7-2/h8,10,14,16,19-22,25-28,31-34,36-37,39-40,76H,6-7,9,11-13,15,17-18,23-24,29-30,35,38,41-75H2,1-5H3/b10-8-,16-14-,21-19-,22-20-,27-25-,28-26-,33-31-,34-32-,37-36-,40-39-. The Morgan fingerprint density at radius 2 is 0.648 bits per heavy atom. The van der Waals surface area contributed by atoms with Gasteiger partial charge in [0.2, 0.25) is 0 Å². The maximum atomic E-state index is 12.9. The predicted octanol–water partition coefficient (Wildman–Crippen LogP) is 23.2. The van der Waals surface area contributed by atoms with Crippen molar-refractivity contribution >= 4 is 19.8 Å². The van der Waals surface area contributed by atoms with Gasteiger partial charge in [0.05, 0.1) is 27.7 Å². The normalized spacial score (nSPS) is 13.8. The van der Waals surface area contributed by atoms with Gasteiger partial charge in [-0.1, -0.05) is 309 Å². The number of carbonyl (C=O) groups is 2. The first-order valence-corrected chi connectivity index (χ1v) is 37.7. The van der Waals surface area contributed by atoms with Gasteiger partial charge < -0.3 is 27.9 Å². The van der Waals surface area contributed by atoms with E-state index in [4.69, 9.17) is 18.5 Å². The number of nitrogens with zero attached hydrogens (tertiary/aromatic N) is 1. The fourth-order valence-corrected chi connectivity index (χ4v) is 10.7. The van der Waals surface area contributed by atoms with E-state index in [1.165, 1.54) is 180 Å². The van der Waals surface area contributed by atoms with Gasteiger partial charge in [0.15, 0.2) is 6.10 Å². The number of esters is 2. The van der Waals surface area contributed by atoms with E-state index in [1.54, 1.807) is 0 Å². The molecular formula is C78H136NO8P. The quantitative estimate of drug-likeness (QED) is 0.0195. The van der Waals surface area contributed by atoms with E-state index < -0.39 is 26.5 Å². The molecule has 2 atom stereocenters. The summed E-state index contributed by atoms with van der Waals surface area (Å²) in [7, 11) is 1.16. The number of allylic oxidation sites excluding steroid dienone is 20. The van der Waals surface area contributed by atoms with E-state index in [9.17, 15) is 19.0 Å². The first-order chi connectivity index (χ1) is 43.0. The highest BCUT2D eigenvalue weighted by Crippen LogP contribution is 2.38. The molecule has 0 aliphatic heterocycles. The zero-order chi connectivity index (χ0) is 64.1. The lowest BCUT2D eigenvalue weighted by molar-refractivity contribution is -0.870. The summed E-state index contributed by atoms with van der Waals surface area (Å²) in [5.74, 6) is -0.831. The topological polar surface area (TPSA) is 111 Å². The number of quaternary nitrogens is 1. The van der Waals surface area contributed by atoms with Crippen LogP contribution in [0.25, 0.3) is 0 Å². The first kappa shape index (κ1) is 84.4. The first-order valence-electron chi connectivity index (χ1n) is 36.2. The van der Waals surface area contributed by atoms with Crippen LogP contribution in [0.5, 0.6) is 0 Å². The van der Waals surface area contributed by atoms with Crippen molar-refractivity contribution in [3.05, 3.63) is 122 Å². The number of phosphoric acid groups is 1. The average molecular weight is 1250 g/mol. The van der Waals surface area contributed by atoms with Crippen LogP contribution >= 0.6 is 7.82 Å². The molecule has 88 heavy (non-hydrogen) atoms. The van der Waals surface area contributed by atoms with Crippen LogP contribution in [0.15, 0.2) is 122 Å². The van der Waals surface area contributed by atoms with Crippen LogP contribution in [-0.4, -0.2) is 70.0 Å². The Morgan fingerprint density at radius 1 is 0.364 bits per heavy atom. The molecule has 0 aliphatic rings. The van der Waals surface area contributed by atoms with Crippen molar-refractivity contribution < 1.29 is 42.1 Å². The molecule has 0 radical (unpaired) electrons. The molecule has 0 amide bonds. The molecule has 0 saturated heterocycles. The zero-order valence-corrected chi connectivity index (χ0v) is 58.5. The van der Waals surface area contributed by atoms with Crippen molar-refractivity contribution in [3.63, 3.8) is 0 Å². The van der Waals surface area contributed by atoms with E-state index in [0.717, 1.165) is 96.3 Å². The van der Waals surface area contributed by atoms with Crippen molar-refractivity contribution in [2.75, 3.05) is 47.5 Å². The molecule has 0 aromatic heterocycles. The average Bonchev–Trinajstić information content (AvgIpc) is 3.68. The smallest absolute Gasteiger partial charge is 0.306 e. The van der Waals surface area contributed by atoms with Crippen molar-refractivity contribution in [2.24, 2.45) is 0 Å². The number of phosphoric ester groups is 1. The number of hydrogen-bond donors (Lipinski definition) is 0. The summed E-state index contributed by atoms with van der Waals surface area (Å²) >= 11 is 0. The largest absolute Gasteiger partial charge is 0.756 e. The predicted molar refractivity (Wildman–Crippen MR) is 378 cm³/mol. The Bertz CT molecular complexity index is 1900. The Morgan fingerprint density at radius 3 is 0.966 bits per heavy atom. The highest BCUT2D eigenvalue weighted by molar-refractivity contribution is 7.45. The lowest BCUT2D eigenvalue weighted by Gasteiger charge is -2.28. The van der Waals surface area contributed by atoms with Crippen LogP contribution in [0, 0.1) is 0 Å².